The van der Waals surface area contributed by atoms with E-state index in [1.807, 2.05) is 42.5 Å². The highest BCUT2D eigenvalue weighted by Gasteiger charge is 2.24. The van der Waals surface area contributed by atoms with Gasteiger partial charge in [-0.05, 0) is 24.3 Å². The number of pyridine rings is 1. The van der Waals surface area contributed by atoms with E-state index in [1.54, 1.807) is 11.6 Å². The number of para-hydroxylation sites is 1. The third-order valence-electron chi connectivity index (χ3n) is 4.72. The number of carbonyl (C=O) groups excluding carboxylic acids is 1. The van der Waals surface area contributed by atoms with Crippen LogP contribution in [-0.2, 0) is 7.05 Å². The molecule has 6 heteroatoms. The van der Waals surface area contributed by atoms with Crippen molar-refractivity contribution in [2.24, 2.45) is 7.05 Å². The molecular weight excluding hydrogens is 396 g/mol. The van der Waals surface area contributed by atoms with Crippen LogP contribution in [0.4, 0.5) is 0 Å². The van der Waals surface area contributed by atoms with Crippen LogP contribution in [0, 0.1) is 0 Å². The van der Waals surface area contributed by atoms with Gasteiger partial charge in [0.2, 0.25) is 0 Å². The summed E-state index contributed by atoms with van der Waals surface area (Å²) < 4.78 is 8.15. The fourth-order valence-corrected chi connectivity index (χ4v) is 3.73. The molecule has 0 fully saturated rings. The Morgan fingerprint density at radius 3 is 2.88 bits per heavy atom. The number of benzene rings is 2. The van der Waals surface area contributed by atoms with Gasteiger partial charge in [-0.25, -0.2) is 0 Å². The Morgan fingerprint density at radius 1 is 1.23 bits per heavy atom. The Hall–Kier alpha value is -2.60. The fourth-order valence-electron chi connectivity index (χ4n) is 3.35. The molecule has 0 saturated heterocycles. The van der Waals surface area contributed by atoms with Crippen molar-refractivity contribution >= 4 is 32.7 Å². The van der Waals surface area contributed by atoms with Crippen LogP contribution in [0.25, 0.3) is 10.9 Å². The third kappa shape index (κ3) is 2.90. The van der Waals surface area contributed by atoms with E-state index < -0.39 is 0 Å². The van der Waals surface area contributed by atoms with Crippen LogP contribution in [0.3, 0.4) is 0 Å². The van der Waals surface area contributed by atoms with Crippen molar-refractivity contribution in [1.82, 2.24) is 9.88 Å². The van der Waals surface area contributed by atoms with Gasteiger partial charge in [0.15, 0.2) is 0 Å². The van der Waals surface area contributed by atoms with Crippen LogP contribution >= 0.6 is 15.9 Å². The number of nitrogens with one attached hydrogen (secondary N) is 1. The van der Waals surface area contributed by atoms with E-state index in [0.717, 1.165) is 26.7 Å². The fraction of sp³-hybridized carbons (Fsp3) is 0.200. The molecule has 0 bridgehead atoms. The van der Waals surface area contributed by atoms with Crippen LogP contribution in [0.2, 0.25) is 0 Å². The lowest BCUT2D eigenvalue weighted by molar-refractivity contribution is 0.0926. The summed E-state index contributed by atoms with van der Waals surface area (Å²) in [6, 6.07) is 14.4. The molecule has 4 rings (SSSR count). The van der Waals surface area contributed by atoms with Gasteiger partial charge in [0.25, 0.3) is 11.5 Å². The van der Waals surface area contributed by atoms with Crippen LogP contribution in [-0.4, -0.2) is 17.1 Å². The van der Waals surface area contributed by atoms with Gasteiger partial charge in [0.05, 0.1) is 23.7 Å². The Balaban J connectivity index is 1.73. The first kappa shape index (κ1) is 16.8. The topological polar surface area (TPSA) is 60.3 Å². The molecule has 1 aliphatic rings. The number of hydrogen-bond donors (Lipinski definition) is 1. The summed E-state index contributed by atoms with van der Waals surface area (Å²) in [7, 11) is 1.71. The highest BCUT2D eigenvalue weighted by Crippen LogP contribution is 2.34. The molecule has 26 heavy (non-hydrogen) atoms. The second kappa shape index (κ2) is 6.61. The molecule has 5 nitrogen and oxygen atoms in total. The first-order chi connectivity index (χ1) is 12.5. The van der Waals surface area contributed by atoms with Gasteiger partial charge in [0.1, 0.15) is 5.75 Å². The van der Waals surface area contributed by atoms with E-state index in [1.165, 1.54) is 6.07 Å². The summed E-state index contributed by atoms with van der Waals surface area (Å²) in [4.78, 5) is 25.2. The second-order valence-electron chi connectivity index (χ2n) is 6.32. The first-order valence-electron chi connectivity index (χ1n) is 8.36. The minimum Gasteiger partial charge on any atom is -0.493 e. The maximum Gasteiger partial charge on any atom is 0.252 e. The van der Waals surface area contributed by atoms with E-state index in [9.17, 15) is 9.59 Å². The molecule has 0 radical (unpaired) electrons. The largest absolute Gasteiger partial charge is 0.493 e. The van der Waals surface area contributed by atoms with Gasteiger partial charge in [-0.15, -0.1) is 0 Å². The van der Waals surface area contributed by atoms with Crippen molar-refractivity contribution in [3.63, 3.8) is 0 Å². The van der Waals surface area contributed by atoms with Crippen molar-refractivity contribution < 1.29 is 9.53 Å². The standard InChI is InChI=1S/C20H17BrN2O3/c1-23-17-5-3-2-4-13(17)14(11-19(23)24)20(25)22-16-8-9-26-18-7-6-12(21)10-15(16)18/h2-7,10-11,16H,8-9H2,1H3,(H,22,25). The monoisotopic (exact) mass is 412 g/mol. The third-order valence-corrected chi connectivity index (χ3v) is 5.21. The number of hydrogen-bond acceptors (Lipinski definition) is 3. The zero-order valence-electron chi connectivity index (χ0n) is 14.2. The molecule has 132 valence electrons. The lowest BCUT2D eigenvalue weighted by Gasteiger charge is -2.27. The number of rotatable bonds is 2. The zero-order valence-corrected chi connectivity index (χ0v) is 15.7. The predicted octanol–water partition coefficient (Wildman–Crippen LogP) is 3.55. The lowest BCUT2D eigenvalue weighted by Crippen LogP contribution is -2.33. The van der Waals surface area contributed by atoms with E-state index in [2.05, 4.69) is 21.2 Å². The summed E-state index contributed by atoms with van der Waals surface area (Å²) in [5, 5.41) is 3.83. The number of fused-ring (bicyclic) bond motifs is 2. The first-order valence-corrected chi connectivity index (χ1v) is 9.16. The van der Waals surface area contributed by atoms with E-state index in [4.69, 9.17) is 4.74 Å². The second-order valence-corrected chi connectivity index (χ2v) is 7.23. The van der Waals surface area contributed by atoms with Crippen LogP contribution in [0.5, 0.6) is 5.75 Å². The SMILES string of the molecule is Cn1c(=O)cc(C(=O)NC2CCOc3ccc(Br)cc32)c2ccccc21. The quantitative estimate of drug-likeness (QED) is 0.699. The van der Waals surface area contributed by atoms with Crippen molar-refractivity contribution in [2.75, 3.05) is 6.61 Å². The van der Waals surface area contributed by atoms with Gasteiger partial charge in [-0.1, -0.05) is 34.1 Å². The summed E-state index contributed by atoms with van der Waals surface area (Å²) >= 11 is 3.47. The van der Waals surface area contributed by atoms with Gasteiger partial charge in [-0.2, -0.15) is 0 Å². The molecule has 1 atom stereocenters. The van der Waals surface area contributed by atoms with Crippen molar-refractivity contribution in [1.29, 1.82) is 0 Å². The smallest absolute Gasteiger partial charge is 0.252 e. The molecule has 2 aromatic carbocycles. The number of nitrogens with zero attached hydrogens (tertiary/aromatic N) is 1. The van der Waals surface area contributed by atoms with Gasteiger partial charge < -0.3 is 14.6 Å². The highest BCUT2D eigenvalue weighted by atomic mass is 79.9. The Morgan fingerprint density at radius 2 is 2.04 bits per heavy atom. The minimum absolute atomic E-state index is 0.161. The van der Waals surface area contributed by atoms with E-state index in [0.29, 0.717) is 18.6 Å². The number of ether oxygens (including phenoxy) is 1. The van der Waals surface area contributed by atoms with Crippen molar-refractivity contribution in [3.05, 3.63) is 74.5 Å². The molecule has 1 N–H and O–H groups in total. The molecule has 1 unspecified atom stereocenters. The zero-order chi connectivity index (χ0) is 18.3. The Labute approximate surface area is 158 Å². The lowest BCUT2D eigenvalue weighted by atomic mass is 9.99. The molecule has 1 aliphatic heterocycles. The van der Waals surface area contributed by atoms with Crippen LogP contribution < -0.4 is 15.6 Å². The Kier molecular flexibility index (Phi) is 4.28. The highest BCUT2D eigenvalue weighted by molar-refractivity contribution is 9.10. The average Bonchev–Trinajstić information content (AvgIpc) is 2.65. The van der Waals surface area contributed by atoms with Crippen LogP contribution in [0.15, 0.2) is 57.8 Å². The number of aromatic nitrogens is 1. The number of aryl methyl sites for hydroxylation is 1. The molecule has 0 aliphatic carbocycles. The van der Waals surface area contributed by atoms with Crippen LogP contribution in [0.1, 0.15) is 28.4 Å². The number of carbonyl (C=O) groups is 1. The molecule has 1 amide bonds. The number of halogens is 1. The molecule has 0 saturated carbocycles. The summed E-state index contributed by atoms with van der Waals surface area (Å²) in [6.45, 7) is 0.539. The molecule has 3 aromatic rings. The minimum atomic E-state index is -0.253. The number of amides is 1. The predicted molar refractivity (Wildman–Crippen MR) is 104 cm³/mol. The molecular formula is C20H17BrN2O3. The molecule has 2 heterocycles. The van der Waals surface area contributed by atoms with E-state index in [-0.39, 0.29) is 17.5 Å². The maximum absolute atomic E-state index is 13.0. The Bertz CT molecular complexity index is 1070. The van der Waals surface area contributed by atoms with Gasteiger partial charge in [-0.3, -0.25) is 9.59 Å². The summed E-state index contributed by atoms with van der Waals surface area (Å²) in [5.74, 6) is 0.523. The van der Waals surface area contributed by atoms with Crippen molar-refractivity contribution in [3.8, 4) is 5.75 Å². The normalized spacial score (nSPS) is 16.0. The summed E-state index contributed by atoms with van der Waals surface area (Å²) in [5.41, 5.74) is 1.86. The molecule has 0 spiro atoms. The van der Waals surface area contributed by atoms with Gasteiger partial charge >= 0.3 is 0 Å². The molecule has 1 aromatic heterocycles. The van der Waals surface area contributed by atoms with Crippen molar-refractivity contribution in [2.45, 2.75) is 12.5 Å². The summed E-state index contributed by atoms with van der Waals surface area (Å²) in [6.07, 6.45) is 0.679. The van der Waals surface area contributed by atoms with Gasteiger partial charge in [0, 0.05) is 35.0 Å². The maximum atomic E-state index is 13.0. The average molecular weight is 413 g/mol. The van der Waals surface area contributed by atoms with E-state index >= 15 is 0 Å².